The van der Waals surface area contributed by atoms with Gasteiger partial charge in [0.25, 0.3) is 0 Å². The number of fused-ring (bicyclic) bond motifs is 3. The quantitative estimate of drug-likeness (QED) is 0.242. The molecule has 0 unspecified atom stereocenters. The fourth-order valence-corrected chi connectivity index (χ4v) is 6.21. The first-order valence-corrected chi connectivity index (χ1v) is 12.9. The van der Waals surface area contributed by atoms with Gasteiger partial charge in [-0.3, -0.25) is 4.79 Å². The number of halogens is 1. The first-order valence-electron chi connectivity index (χ1n) is 12.9. The van der Waals surface area contributed by atoms with Gasteiger partial charge >= 0.3 is 5.97 Å². The van der Waals surface area contributed by atoms with Crippen molar-refractivity contribution in [2.45, 2.75) is 50.2 Å². The molecular formula is C31H33FO4. The summed E-state index contributed by atoms with van der Waals surface area (Å²) in [6.07, 6.45) is 7.78. The summed E-state index contributed by atoms with van der Waals surface area (Å²) >= 11 is 0. The molecule has 1 aliphatic carbocycles. The summed E-state index contributed by atoms with van der Waals surface area (Å²) < 4.78 is 26.3. The topological polar surface area (TPSA) is 55.8 Å². The molecule has 188 valence electrons. The van der Waals surface area contributed by atoms with Crippen LogP contribution in [0.25, 0.3) is 10.8 Å². The maximum absolute atomic E-state index is 13.7. The molecule has 2 fully saturated rings. The van der Waals surface area contributed by atoms with Crippen LogP contribution in [0.5, 0.6) is 0 Å². The fraction of sp³-hybridized carbons (Fsp3) is 0.387. The summed E-state index contributed by atoms with van der Waals surface area (Å²) in [6.45, 7) is 1.79. The maximum Gasteiger partial charge on any atom is 0.303 e. The molecule has 0 aromatic heterocycles. The Bertz CT molecular complexity index is 1220. The summed E-state index contributed by atoms with van der Waals surface area (Å²) in [5.41, 5.74) is 2.16. The third-order valence-corrected chi connectivity index (χ3v) is 8.01. The number of carbonyl (C=O) groups is 1. The molecule has 36 heavy (non-hydrogen) atoms. The largest absolute Gasteiger partial charge is 0.481 e. The lowest BCUT2D eigenvalue weighted by atomic mass is 9.69. The molecule has 5 rings (SSSR count). The molecule has 1 aliphatic heterocycles. The Morgan fingerprint density at radius 3 is 2.72 bits per heavy atom. The van der Waals surface area contributed by atoms with Crippen LogP contribution < -0.4 is 0 Å². The predicted molar refractivity (Wildman–Crippen MR) is 138 cm³/mol. The highest BCUT2D eigenvalue weighted by Crippen LogP contribution is 2.56. The van der Waals surface area contributed by atoms with Gasteiger partial charge in [0.1, 0.15) is 5.82 Å². The van der Waals surface area contributed by atoms with E-state index in [9.17, 15) is 9.18 Å². The highest BCUT2D eigenvalue weighted by Gasteiger charge is 2.59. The van der Waals surface area contributed by atoms with Gasteiger partial charge in [0, 0.05) is 17.8 Å². The minimum absolute atomic E-state index is 0.119. The lowest BCUT2D eigenvalue weighted by Gasteiger charge is -2.39. The smallest absolute Gasteiger partial charge is 0.303 e. The number of unbranched alkanes of at least 4 members (excludes halogenated alkanes) is 1. The third-order valence-electron chi connectivity index (χ3n) is 8.01. The average molecular weight is 489 g/mol. The number of aliphatic carboxylic acids is 1. The van der Waals surface area contributed by atoms with Crippen LogP contribution >= 0.6 is 0 Å². The number of hydrogen-bond acceptors (Lipinski definition) is 3. The summed E-state index contributed by atoms with van der Waals surface area (Å²) in [6, 6.07) is 21.6. The van der Waals surface area contributed by atoms with Gasteiger partial charge in [0.05, 0.1) is 25.9 Å². The summed E-state index contributed by atoms with van der Waals surface area (Å²) in [5, 5.41) is 11.3. The van der Waals surface area contributed by atoms with Crippen LogP contribution in [0.1, 0.15) is 43.2 Å². The van der Waals surface area contributed by atoms with E-state index in [-0.39, 0.29) is 29.7 Å². The normalized spacial score (nSPS) is 25.2. The second kappa shape index (κ2) is 10.9. The molecule has 1 N–H and O–H groups in total. The highest BCUT2D eigenvalue weighted by atomic mass is 19.1. The maximum atomic E-state index is 13.7. The Morgan fingerprint density at radius 1 is 1.08 bits per heavy atom. The average Bonchev–Trinajstić information content (AvgIpc) is 3.45. The molecule has 3 aromatic carbocycles. The molecule has 2 aliphatic rings. The zero-order valence-corrected chi connectivity index (χ0v) is 20.4. The molecule has 0 radical (unpaired) electrons. The van der Waals surface area contributed by atoms with Gasteiger partial charge in [-0.05, 0) is 65.6 Å². The standard InChI is InChI=1S/C31H33FO4/c32-25-16-14-24(15-17-25)31-18-29(36-21-31)27(28(31)12-3-1-2-4-13-30(33)34)20-35-19-23-10-7-9-22-8-5-6-11-26(22)23/h1,3,5-11,14-17,27-29H,2,4,12-13,18-21H2,(H,33,34)/b3-1-/t27-,28-,29-,31-/m0/s1. The van der Waals surface area contributed by atoms with Crippen molar-refractivity contribution in [2.24, 2.45) is 11.8 Å². The molecule has 4 nitrogen and oxygen atoms in total. The molecule has 0 amide bonds. The van der Waals surface area contributed by atoms with Crippen LogP contribution in [0.2, 0.25) is 0 Å². The van der Waals surface area contributed by atoms with E-state index in [1.54, 1.807) is 12.1 Å². The van der Waals surface area contributed by atoms with Gasteiger partial charge in [-0.1, -0.05) is 66.7 Å². The molecule has 5 heteroatoms. The van der Waals surface area contributed by atoms with Crippen LogP contribution in [0.4, 0.5) is 4.39 Å². The third kappa shape index (κ3) is 5.09. The monoisotopic (exact) mass is 488 g/mol. The lowest BCUT2D eigenvalue weighted by molar-refractivity contribution is -0.137. The Labute approximate surface area is 211 Å². The van der Waals surface area contributed by atoms with Gasteiger partial charge in [0.15, 0.2) is 0 Å². The van der Waals surface area contributed by atoms with Gasteiger partial charge in [-0.2, -0.15) is 0 Å². The Hall–Kier alpha value is -3.02. The number of carboxylic acid groups (broad SMARTS) is 1. The van der Waals surface area contributed by atoms with Crippen LogP contribution in [-0.2, 0) is 26.3 Å². The van der Waals surface area contributed by atoms with Crippen molar-refractivity contribution in [1.29, 1.82) is 0 Å². The zero-order chi connectivity index (χ0) is 25.0. The number of rotatable bonds is 11. The minimum atomic E-state index is -0.757. The molecule has 1 heterocycles. The van der Waals surface area contributed by atoms with Crippen molar-refractivity contribution >= 4 is 16.7 Å². The SMILES string of the molecule is O=C(O)CCC/C=C\C[C@H]1[C@H](COCc2cccc3ccccc23)[C@@H]2C[C@@]1(c1ccc(F)cc1)CO2. The fourth-order valence-electron chi connectivity index (χ4n) is 6.21. The Kier molecular flexibility index (Phi) is 7.49. The molecule has 1 saturated carbocycles. The number of ether oxygens (including phenoxy) is 2. The van der Waals surface area contributed by atoms with Crippen molar-refractivity contribution in [3.8, 4) is 0 Å². The van der Waals surface area contributed by atoms with Crippen molar-refractivity contribution in [1.82, 2.24) is 0 Å². The number of carboxylic acids is 1. The number of benzene rings is 3. The van der Waals surface area contributed by atoms with E-state index in [0.29, 0.717) is 32.2 Å². The van der Waals surface area contributed by atoms with Crippen LogP contribution in [0, 0.1) is 17.7 Å². The Morgan fingerprint density at radius 2 is 1.89 bits per heavy atom. The molecule has 3 aromatic rings. The molecule has 4 atom stereocenters. The number of hydrogen-bond donors (Lipinski definition) is 1. The molecule has 1 saturated heterocycles. The summed E-state index contributed by atoms with van der Waals surface area (Å²) in [4.78, 5) is 10.8. The highest BCUT2D eigenvalue weighted by molar-refractivity contribution is 5.85. The molecule has 0 spiro atoms. The van der Waals surface area contributed by atoms with E-state index >= 15 is 0 Å². The van der Waals surface area contributed by atoms with Crippen molar-refractivity contribution in [2.75, 3.05) is 13.2 Å². The van der Waals surface area contributed by atoms with E-state index < -0.39 is 5.97 Å². The summed E-state index contributed by atoms with van der Waals surface area (Å²) in [7, 11) is 0. The van der Waals surface area contributed by atoms with Crippen molar-refractivity contribution in [3.63, 3.8) is 0 Å². The van der Waals surface area contributed by atoms with Gasteiger partial charge in [-0.15, -0.1) is 0 Å². The lowest BCUT2D eigenvalue weighted by Crippen LogP contribution is -2.41. The van der Waals surface area contributed by atoms with E-state index in [0.717, 1.165) is 24.8 Å². The second-order valence-electron chi connectivity index (χ2n) is 10.1. The second-order valence-corrected chi connectivity index (χ2v) is 10.1. The van der Waals surface area contributed by atoms with Crippen LogP contribution in [0.3, 0.4) is 0 Å². The van der Waals surface area contributed by atoms with Gasteiger partial charge in [-0.25, -0.2) is 4.39 Å². The van der Waals surface area contributed by atoms with Crippen LogP contribution in [0.15, 0.2) is 78.9 Å². The van der Waals surface area contributed by atoms with E-state index in [4.69, 9.17) is 14.6 Å². The van der Waals surface area contributed by atoms with Crippen molar-refractivity contribution in [3.05, 3.63) is 95.8 Å². The van der Waals surface area contributed by atoms with E-state index in [1.807, 2.05) is 18.2 Å². The molecule has 2 bridgehead atoms. The molecular weight excluding hydrogens is 455 g/mol. The number of allylic oxidation sites excluding steroid dienone is 2. The van der Waals surface area contributed by atoms with Gasteiger partial charge in [0.2, 0.25) is 0 Å². The zero-order valence-electron chi connectivity index (χ0n) is 20.4. The summed E-state index contributed by atoms with van der Waals surface area (Å²) in [5.74, 6) is -0.437. The first kappa shape index (κ1) is 24.7. The minimum Gasteiger partial charge on any atom is -0.481 e. The van der Waals surface area contributed by atoms with E-state index in [1.165, 1.54) is 16.3 Å². The Balaban J connectivity index is 1.31. The first-order chi connectivity index (χ1) is 17.6. The van der Waals surface area contributed by atoms with E-state index in [2.05, 4.69) is 48.6 Å². The van der Waals surface area contributed by atoms with Crippen LogP contribution in [-0.4, -0.2) is 30.4 Å². The van der Waals surface area contributed by atoms with Crippen molar-refractivity contribution < 1.29 is 23.8 Å². The van der Waals surface area contributed by atoms with Gasteiger partial charge < -0.3 is 14.6 Å². The predicted octanol–water partition coefficient (Wildman–Crippen LogP) is 6.67.